The molecule has 3 amide bonds. The molecule has 1 aliphatic carbocycles. The SMILES string of the molecule is CC(C)N(C(C)C)P(CNC(=O)c1ccc(NC(=O)NC2CCCC2)cc1)OCCC#N. The van der Waals surface area contributed by atoms with E-state index in [9.17, 15) is 9.59 Å². The van der Waals surface area contributed by atoms with Crippen LogP contribution in [0.5, 0.6) is 0 Å². The molecular formula is C23H36N5O3P. The van der Waals surface area contributed by atoms with Gasteiger partial charge in [0.2, 0.25) is 0 Å². The highest BCUT2D eigenvalue weighted by Crippen LogP contribution is 2.43. The molecule has 1 fully saturated rings. The summed E-state index contributed by atoms with van der Waals surface area (Å²) < 4.78 is 8.21. The molecule has 0 saturated heterocycles. The molecule has 32 heavy (non-hydrogen) atoms. The second kappa shape index (κ2) is 13.4. The zero-order chi connectivity index (χ0) is 23.5. The average Bonchev–Trinajstić information content (AvgIpc) is 3.24. The maximum Gasteiger partial charge on any atom is 0.319 e. The normalized spacial score (nSPS) is 15.1. The van der Waals surface area contributed by atoms with E-state index >= 15 is 0 Å². The van der Waals surface area contributed by atoms with Gasteiger partial charge in [-0.2, -0.15) is 5.26 Å². The van der Waals surface area contributed by atoms with E-state index in [1.807, 2.05) is 0 Å². The molecule has 0 heterocycles. The van der Waals surface area contributed by atoms with E-state index in [1.54, 1.807) is 24.3 Å². The van der Waals surface area contributed by atoms with Crippen LogP contribution in [0.2, 0.25) is 0 Å². The van der Waals surface area contributed by atoms with E-state index < -0.39 is 8.30 Å². The fourth-order valence-electron chi connectivity index (χ4n) is 3.87. The molecule has 8 nitrogen and oxygen atoms in total. The van der Waals surface area contributed by atoms with Gasteiger partial charge in [0, 0.05) is 29.4 Å². The highest BCUT2D eigenvalue weighted by molar-refractivity contribution is 7.50. The molecule has 1 aromatic rings. The number of nitrogens with zero attached hydrogens (tertiary/aromatic N) is 2. The van der Waals surface area contributed by atoms with Gasteiger partial charge in [-0.3, -0.25) is 9.46 Å². The summed E-state index contributed by atoms with van der Waals surface area (Å²) in [5.74, 6) is -0.198. The van der Waals surface area contributed by atoms with Crippen molar-refractivity contribution >= 4 is 25.9 Å². The smallest absolute Gasteiger partial charge is 0.319 e. The first-order valence-corrected chi connectivity index (χ1v) is 12.7. The maximum absolute atomic E-state index is 12.7. The average molecular weight is 462 g/mol. The number of hydrogen-bond donors (Lipinski definition) is 3. The molecule has 1 saturated carbocycles. The number of amides is 3. The Morgan fingerprint density at radius 2 is 1.78 bits per heavy atom. The highest BCUT2D eigenvalue weighted by Gasteiger charge is 2.26. The second-order valence-electron chi connectivity index (χ2n) is 8.48. The van der Waals surface area contributed by atoms with E-state index in [2.05, 4.69) is 54.4 Å². The van der Waals surface area contributed by atoms with Gasteiger partial charge >= 0.3 is 6.03 Å². The zero-order valence-electron chi connectivity index (χ0n) is 19.6. The Morgan fingerprint density at radius 1 is 1.16 bits per heavy atom. The molecule has 1 unspecified atom stereocenters. The summed E-state index contributed by atoms with van der Waals surface area (Å²) in [5, 5.41) is 17.6. The van der Waals surface area contributed by atoms with Crippen molar-refractivity contribution in [2.45, 2.75) is 77.9 Å². The van der Waals surface area contributed by atoms with Crippen molar-refractivity contribution < 1.29 is 14.1 Å². The topological polar surface area (TPSA) is 106 Å². The lowest BCUT2D eigenvalue weighted by atomic mass is 10.2. The van der Waals surface area contributed by atoms with E-state index in [4.69, 9.17) is 9.79 Å². The van der Waals surface area contributed by atoms with Crippen molar-refractivity contribution in [2.24, 2.45) is 0 Å². The third-order valence-corrected chi connectivity index (χ3v) is 7.59. The lowest BCUT2D eigenvalue weighted by Crippen LogP contribution is -2.37. The monoisotopic (exact) mass is 461 g/mol. The van der Waals surface area contributed by atoms with E-state index in [0.717, 1.165) is 25.7 Å². The number of carbonyl (C=O) groups excluding carboxylic acids is 2. The third-order valence-electron chi connectivity index (χ3n) is 5.24. The summed E-state index contributed by atoms with van der Waals surface area (Å²) in [4.78, 5) is 24.8. The van der Waals surface area contributed by atoms with Crippen molar-refractivity contribution in [1.82, 2.24) is 15.3 Å². The van der Waals surface area contributed by atoms with Crippen LogP contribution in [0.3, 0.4) is 0 Å². The molecule has 0 aliphatic heterocycles. The van der Waals surface area contributed by atoms with E-state index in [0.29, 0.717) is 30.6 Å². The summed E-state index contributed by atoms with van der Waals surface area (Å²) in [5.41, 5.74) is 1.16. The number of rotatable bonds is 11. The predicted octanol–water partition coefficient (Wildman–Crippen LogP) is 4.80. The van der Waals surface area contributed by atoms with Crippen LogP contribution < -0.4 is 16.0 Å². The van der Waals surface area contributed by atoms with Gasteiger partial charge in [-0.15, -0.1) is 0 Å². The number of anilines is 1. The number of nitrogens with one attached hydrogen (secondary N) is 3. The molecule has 0 spiro atoms. The Hall–Kier alpha value is -2.20. The highest BCUT2D eigenvalue weighted by atomic mass is 31.2. The van der Waals surface area contributed by atoms with Crippen molar-refractivity contribution in [3.8, 4) is 6.07 Å². The molecule has 0 radical (unpaired) electrons. The molecule has 1 atom stereocenters. The van der Waals surface area contributed by atoms with Gasteiger partial charge in [0.05, 0.1) is 25.4 Å². The molecule has 1 aliphatic rings. The van der Waals surface area contributed by atoms with Gasteiger partial charge in [0.1, 0.15) is 8.30 Å². The van der Waals surface area contributed by atoms with Crippen molar-refractivity contribution in [2.75, 3.05) is 18.2 Å². The van der Waals surface area contributed by atoms with Crippen LogP contribution in [0.25, 0.3) is 0 Å². The van der Waals surface area contributed by atoms with Gasteiger partial charge in [0.15, 0.2) is 0 Å². The molecule has 2 rings (SSSR count). The minimum Gasteiger partial charge on any atom is -0.345 e. The van der Waals surface area contributed by atoms with Crippen LogP contribution in [-0.2, 0) is 4.52 Å². The molecule has 3 N–H and O–H groups in total. The third kappa shape index (κ3) is 8.38. The van der Waals surface area contributed by atoms with Gasteiger partial charge in [-0.05, 0) is 64.8 Å². The van der Waals surface area contributed by atoms with Crippen LogP contribution in [0.1, 0.15) is 70.2 Å². The fraction of sp³-hybridized carbons (Fsp3) is 0.609. The standard InChI is InChI=1S/C23H36N5O3P/c1-17(2)28(18(3)4)32(31-15-7-14-24)16-25-22(29)19-10-12-21(13-11-19)27-23(30)26-20-8-5-6-9-20/h10-13,17-18,20H,5-9,15-16H2,1-4H3,(H,25,29)(H2,26,27,30). The zero-order valence-corrected chi connectivity index (χ0v) is 20.5. The second-order valence-corrected chi connectivity index (χ2v) is 10.2. The molecule has 176 valence electrons. The molecule has 1 aromatic carbocycles. The Balaban J connectivity index is 1.91. The first-order chi connectivity index (χ1) is 15.3. The van der Waals surface area contributed by atoms with Crippen LogP contribution in [0.4, 0.5) is 10.5 Å². The van der Waals surface area contributed by atoms with E-state index in [-0.39, 0.29) is 30.1 Å². The number of hydrogen-bond acceptors (Lipinski definition) is 5. The van der Waals surface area contributed by atoms with Crippen LogP contribution >= 0.6 is 8.30 Å². The fourth-order valence-corrected chi connectivity index (χ4v) is 5.87. The van der Waals surface area contributed by atoms with Gasteiger partial charge in [-0.1, -0.05) is 12.8 Å². The molecule has 0 aromatic heterocycles. The van der Waals surface area contributed by atoms with Crippen LogP contribution in [0.15, 0.2) is 24.3 Å². The number of nitriles is 1. The maximum atomic E-state index is 12.7. The Bertz CT molecular complexity index is 765. The predicted molar refractivity (Wildman–Crippen MR) is 128 cm³/mol. The number of benzene rings is 1. The Kier molecular flexibility index (Phi) is 10.9. The minimum atomic E-state index is -1.08. The number of carbonyl (C=O) groups is 2. The Labute approximate surface area is 193 Å². The van der Waals surface area contributed by atoms with Crippen molar-refractivity contribution in [3.05, 3.63) is 29.8 Å². The van der Waals surface area contributed by atoms with Crippen LogP contribution in [-0.4, -0.2) is 47.6 Å². The van der Waals surface area contributed by atoms with Gasteiger partial charge in [-0.25, -0.2) is 4.79 Å². The number of urea groups is 1. The van der Waals surface area contributed by atoms with Crippen LogP contribution in [0, 0.1) is 11.3 Å². The first kappa shape index (κ1) is 26.1. The summed E-state index contributed by atoms with van der Waals surface area (Å²) in [6, 6.07) is 9.48. The minimum absolute atomic E-state index is 0.198. The largest absolute Gasteiger partial charge is 0.345 e. The summed E-state index contributed by atoms with van der Waals surface area (Å²) in [6.45, 7) is 8.73. The molecular weight excluding hydrogens is 425 g/mol. The summed E-state index contributed by atoms with van der Waals surface area (Å²) in [6.07, 6.45) is 5.07. The lowest BCUT2D eigenvalue weighted by molar-refractivity contribution is 0.0957. The van der Waals surface area contributed by atoms with Crippen molar-refractivity contribution in [3.63, 3.8) is 0 Å². The quantitative estimate of drug-likeness (QED) is 0.324. The Morgan fingerprint density at radius 3 is 2.34 bits per heavy atom. The van der Waals surface area contributed by atoms with Crippen molar-refractivity contribution in [1.29, 1.82) is 5.26 Å². The summed E-state index contributed by atoms with van der Waals surface area (Å²) in [7, 11) is -1.08. The molecule has 9 heteroatoms. The first-order valence-electron chi connectivity index (χ1n) is 11.3. The molecule has 0 bridgehead atoms. The lowest BCUT2D eigenvalue weighted by Gasteiger charge is -2.37. The summed E-state index contributed by atoms with van der Waals surface area (Å²) >= 11 is 0. The van der Waals surface area contributed by atoms with E-state index in [1.165, 1.54) is 0 Å². The van der Waals surface area contributed by atoms with Gasteiger partial charge in [0.25, 0.3) is 5.91 Å². The van der Waals surface area contributed by atoms with Gasteiger partial charge < -0.3 is 20.5 Å².